The van der Waals surface area contributed by atoms with Gasteiger partial charge in [-0.2, -0.15) is 0 Å². The van der Waals surface area contributed by atoms with Gasteiger partial charge in [-0.1, -0.05) is 11.6 Å². The molecule has 27 heavy (non-hydrogen) atoms. The minimum atomic E-state index is -0.522. The van der Waals surface area contributed by atoms with E-state index >= 15 is 0 Å². The number of likely N-dealkylation sites (tertiary alicyclic amines) is 1. The van der Waals surface area contributed by atoms with Crippen LogP contribution in [-0.2, 0) is 4.79 Å². The fourth-order valence-electron chi connectivity index (χ4n) is 3.27. The van der Waals surface area contributed by atoms with Gasteiger partial charge in [-0.05, 0) is 77.2 Å². The third kappa shape index (κ3) is 7.85. The van der Waals surface area contributed by atoms with Crippen LogP contribution in [0.15, 0.2) is 18.2 Å². The van der Waals surface area contributed by atoms with Crippen molar-refractivity contribution in [3.8, 4) is 0 Å². The molecule has 5 nitrogen and oxygen atoms in total. The average Bonchev–Trinajstić information content (AvgIpc) is 2.75. The molecule has 0 bridgehead atoms. The Bertz CT molecular complexity index is 655. The molecule has 0 aromatic heterocycles. The van der Waals surface area contributed by atoms with Crippen molar-refractivity contribution < 1.29 is 14.0 Å². The van der Waals surface area contributed by atoms with Gasteiger partial charge in [0.15, 0.2) is 0 Å². The second-order valence-electron chi connectivity index (χ2n) is 8.24. The Morgan fingerprint density at radius 2 is 1.96 bits per heavy atom. The van der Waals surface area contributed by atoms with E-state index in [1.165, 1.54) is 18.2 Å². The lowest BCUT2D eigenvalue weighted by molar-refractivity contribution is -0.123. The Morgan fingerprint density at radius 1 is 1.22 bits per heavy atom. The maximum atomic E-state index is 13.4. The number of nitrogens with one attached hydrogen (secondary N) is 2. The lowest BCUT2D eigenvalue weighted by Gasteiger charge is -2.24. The topological polar surface area (TPSA) is 61.4 Å². The lowest BCUT2D eigenvalue weighted by atomic mass is 10.0. The molecule has 150 valence electrons. The van der Waals surface area contributed by atoms with Gasteiger partial charge in [-0.25, -0.2) is 4.39 Å². The highest BCUT2D eigenvalue weighted by atomic mass is 35.5. The molecule has 1 aromatic carbocycles. The first kappa shape index (κ1) is 21.6. The van der Waals surface area contributed by atoms with Crippen LogP contribution < -0.4 is 10.6 Å². The molecule has 2 rings (SSSR count). The Kier molecular flexibility index (Phi) is 7.62. The number of nitrogens with zero attached hydrogens (tertiary/aromatic N) is 1. The van der Waals surface area contributed by atoms with E-state index < -0.39 is 5.82 Å². The van der Waals surface area contributed by atoms with Crippen molar-refractivity contribution in [3.63, 3.8) is 0 Å². The molecule has 0 aliphatic carbocycles. The number of amides is 2. The van der Waals surface area contributed by atoms with Gasteiger partial charge >= 0.3 is 0 Å². The first-order valence-electron chi connectivity index (χ1n) is 9.40. The van der Waals surface area contributed by atoms with Crippen molar-refractivity contribution in [2.45, 2.75) is 45.6 Å². The summed E-state index contributed by atoms with van der Waals surface area (Å²) in [6, 6.07) is 3.82. The standard InChI is InChI=1S/C20H29ClFN3O2/c1-20(2,3)24-18(26)13-25-7-4-5-14(6-8-25)12-23-19(27)15-9-16(21)11-17(22)10-15/h9-11,14H,4-8,12-13H2,1-3H3,(H,23,27)(H,24,26). The highest BCUT2D eigenvalue weighted by Crippen LogP contribution is 2.18. The van der Waals surface area contributed by atoms with E-state index in [1.807, 2.05) is 20.8 Å². The summed E-state index contributed by atoms with van der Waals surface area (Å²) in [6.07, 6.45) is 2.88. The normalized spacial score (nSPS) is 18.6. The molecule has 0 spiro atoms. The summed E-state index contributed by atoms with van der Waals surface area (Å²) in [5.74, 6) is -0.459. The van der Waals surface area contributed by atoms with Crippen LogP contribution in [0.2, 0.25) is 5.02 Å². The molecule has 2 N–H and O–H groups in total. The zero-order chi connectivity index (χ0) is 20.0. The fraction of sp³-hybridized carbons (Fsp3) is 0.600. The molecule has 1 unspecified atom stereocenters. The van der Waals surface area contributed by atoms with Gasteiger partial charge in [0, 0.05) is 22.7 Å². The SMILES string of the molecule is CC(C)(C)NC(=O)CN1CCCC(CNC(=O)c2cc(F)cc(Cl)c2)CC1. The lowest BCUT2D eigenvalue weighted by Crippen LogP contribution is -2.46. The molecule has 1 aliphatic rings. The molecular weight excluding hydrogens is 369 g/mol. The summed E-state index contributed by atoms with van der Waals surface area (Å²) < 4.78 is 13.4. The second kappa shape index (κ2) is 9.51. The van der Waals surface area contributed by atoms with Gasteiger partial charge in [0.05, 0.1) is 6.54 Å². The quantitative estimate of drug-likeness (QED) is 0.801. The fourth-order valence-corrected chi connectivity index (χ4v) is 3.49. The molecule has 0 radical (unpaired) electrons. The monoisotopic (exact) mass is 397 g/mol. The van der Waals surface area contributed by atoms with Crippen molar-refractivity contribution in [2.24, 2.45) is 5.92 Å². The number of benzene rings is 1. The van der Waals surface area contributed by atoms with Crippen LogP contribution in [0.25, 0.3) is 0 Å². The number of hydrogen-bond acceptors (Lipinski definition) is 3. The Balaban J connectivity index is 1.79. The molecule has 1 saturated heterocycles. The third-order valence-corrected chi connectivity index (χ3v) is 4.72. The molecule has 0 saturated carbocycles. The summed E-state index contributed by atoms with van der Waals surface area (Å²) in [4.78, 5) is 26.5. The van der Waals surface area contributed by atoms with E-state index in [1.54, 1.807) is 0 Å². The van der Waals surface area contributed by atoms with Crippen molar-refractivity contribution in [3.05, 3.63) is 34.6 Å². The summed E-state index contributed by atoms with van der Waals surface area (Å²) in [5.41, 5.74) is 0.00402. The largest absolute Gasteiger partial charge is 0.352 e. The van der Waals surface area contributed by atoms with E-state index in [2.05, 4.69) is 15.5 Å². The van der Waals surface area contributed by atoms with Crippen LogP contribution in [-0.4, -0.2) is 48.4 Å². The van der Waals surface area contributed by atoms with E-state index in [0.717, 1.165) is 32.4 Å². The first-order chi connectivity index (χ1) is 12.6. The number of rotatable bonds is 5. The number of carbonyl (C=O) groups is 2. The second-order valence-corrected chi connectivity index (χ2v) is 8.68. The summed E-state index contributed by atoms with van der Waals surface area (Å²) in [5, 5.41) is 6.07. The molecule has 1 aromatic rings. The molecule has 7 heteroatoms. The number of hydrogen-bond donors (Lipinski definition) is 2. The van der Waals surface area contributed by atoms with Crippen LogP contribution in [0.1, 0.15) is 50.4 Å². The zero-order valence-corrected chi connectivity index (χ0v) is 17.0. The van der Waals surface area contributed by atoms with Gasteiger partial charge in [0.2, 0.25) is 5.91 Å². The molecule has 1 atom stereocenters. The Hall–Kier alpha value is -1.66. The number of carbonyl (C=O) groups excluding carboxylic acids is 2. The van der Waals surface area contributed by atoms with Gasteiger partial charge in [0.25, 0.3) is 5.91 Å². The maximum absolute atomic E-state index is 13.4. The molecule has 1 fully saturated rings. The van der Waals surface area contributed by atoms with E-state index in [4.69, 9.17) is 11.6 Å². The van der Waals surface area contributed by atoms with E-state index in [9.17, 15) is 14.0 Å². The minimum Gasteiger partial charge on any atom is -0.352 e. The average molecular weight is 398 g/mol. The first-order valence-corrected chi connectivity index (χ1v) is 9.78. The minimum absolute atomic E-state index is 0.0391. The predicted octanol–water partition coefficient (Wildman–Crippen LogP) is 3.23. The van der Waals surface area contributed by atoms with Crippen LogP contribution in [0.5, 0.6) is 0 Å². The maximum Gasteiger partial charge on any atom is 0.251 e. The zero-order valence-electron chi connectivity index (χ0n) is 16.3. The van der Waals surface area contributed by atoms with Crippen LogP contribution >= 0.6 is 11.6 Å². The smallest absolute Gasteiger partial charge is 0.251 e. The van der Waals surface area contributed by atoms with Crippen LogP contribution in [0, 0.1) is 11.7 Å². The van der Waals surface area contributed by atoms with Crippen molar-refractivity contribution >= 4 is 23.4 Å². The third-order valence-electron chi connectivity index (χ3n) is 4.50. The summed E-state index contributed by atoms with van der Waals surface area (Å²) in [6.45, 7) is 8.55. The van der Waals surface area contributed by atoms with Gasteiger partial charge in [-0.15, -0.1) is 0 Å². The van der Waals surface area contributed by atoms with E-state index in [-0.39, 0.29) is 27.9 Å². The summed E-state index contributed by atoms with van der Waals surface area (Å²) in [7, 11) is 0. The van der Waals surface area contributed by atoms with Crippen LogP contribution in [0.4, 0.5) is 4.39 Å². The van der Waals surface area contributed by atoms with Crippen LogP contribution in [0.3, 0.4) is 0 Å². The Labute approximate surface area is 165 Å². The molecule has 1 aliphatic heterocycles. The van der Waals surface area contributed by atoms with Crippen molar-refractivity contribution in [1.29, 1.82) is 0 Å². The molecule has 1 heterocycles. The van der Waals surface area contributed by atoms with Gasteiger partial charge in [-0.3, -0.25) is 14.5 Å². The van der Waals surface area contributed by atoms with Crippen molar-refractivity contribution in [2.75, 3.05) is 26.2 Å². The highest BCUT2D eigenvalue weighted by molar-refractivity contribution is 6.31. The highest BCUT2D eigenvalue weighted by Gasteiger charge is 2.21. The summed E-state index contributed by atoms with van der Waals surface area (Å²) >= 11 is 5.80. The Morgan fingerprint density at radius 3 is 2.63 bits per heavy atom. The molecule has 2 amide bonds. The van der Waals surface area contributed by atoms with Crippen molar-refractivity contribution in [1.82, 2.24) is 15.5 Å². The molecular formula is C20H29ClFN3O2. The van der Waals surface area contributed by atoms with E-state index in [0.29, 0.717) is 19.0 Å². The predicted molar refractivity (Wildman–Crippen MR) is 105 cm³/mol. The van der Waals surface area contributed by atoms with Gasteiger partial charge in [0.1, 0.15) is 5.82 Å². The van der Waals surface area contributed by atoms with Gasteiger partial charge < -0.3 is 10.6 Å². The number of halogens is 2.